The number of aromatic nitrogens is 1. The fourth-order valence-electron chi connectivity index (χ4n) is 2.21. The van der Waals surface area contributed by atoms with Crippen LogP contribution in [0.4, 0.5) is 5.69 Å². The van der Waals surface area contributed by atoms with E-state index in [1.165, 1.54) is 18.5 Å². The van der Waals surface area contributed by atoms with Gasteiger partial charge in [0.05, 0.1) is 16.7 Å². The molecule has 0 radical (unpaired) electrons. The molecule has 1 N–H and O–H groups in total. The van der Waals surface area contributed by atoms with Crippen molar-refractivity contribution in [2.75, 3.05) is 0 Å². The van der Waals surface area contributed by atoms with Crippen LogP contribution in [0.25, 0.3) is 10.9 Å². The van der Waals surface area contributed by atoms with Gasteiger partial charge in [0, 0.05) is 17.6 Å². The Morgan fingerprint density at radius 2 is 2.15 bits per heavy atom. The summed E-state index contributed by atoms with van der Waals surface area (Å²) in [5, 5.41) is 11.5. The highest BCUT2D eigenvalue weighted by Gasteiger charge is 2.22. The second-order valence-corrected chi connectivity index (χ2v) is 4.42. The number of nitrogens with zero attached hydrogens (tertiary/aromatic N) is 1. The van der Waals surface area contributed by atoms with Gasteiger partial charge in [-0.05, 0) is 18.6 Å². The predicted octanol–water partition coefficient (Wildman–Crippen LogP) is 3.21. The Hall–Kier alpha value is -2.89. The summed E-state index contributed by atoms with van der Waals surface area (Å²) >= 11 is 0. The first-order valence-corrected chi connectivity index (χ1v) is 5.93. The number of non-ortho nitro benzene ring substituents is 1. The van der Waals surface area contributed by atoms with Gasteiger partial charge < -0.3 is 9.40 Å². The summed E-state index contributed by atoms with van der Waals surface area (Å²) in [7, 11) is 0. The SMILES string of the molecule is Cc1ccoc1C(=O)c1c[nH]c2c([N+](=O)[O-])cccc12. The Kier molecular flexibility index (Phi) is 2.64. The number of fused-ring (bicyclic) bond motifs is 1. The molecule has 1 aromatic carbocycles. The van der Waals surface area contributed by atoms with E-state index in [0.717, 1.165) is 5.56 Å². The smallest absolute Gasteiger partial charge is 0.293 e. The van der Waals surface area contributed by atoms with E-state index in [1.54, 1.807) is 25.1 Å². The summed E-state index contributed by atoms with van der Waals surface area (Å²) in [5.74, 6) is -0.0448. The molecule has 0 unspecified atom stereocenters. The highest BCUT2D eigenvalue weighted by Crippen LogP contribution is 2.28. The summed E-state index contributed by atoms with van der Waals surface area (Å²) < 4.78 is 5.18. The first kappa shape index (κ1) is 12.2. The Labute approximate surface area is 113 Å². The lowest BCUT2D eigenvalue weighted by molar-refractivity contribution is -0.383. The number of H-pyrrole nitrogens is 1. The molecular formula is C14H10N2O4. The van der Waals surface area contributed by atoms with Crippen LogP contribution in [-0.2, 0) is 0 Å². The van der Waals surface area contributed by atoms with Crippen molar-refractivity contribution in [3.8, 4) is 0 Å². The van der Waals surface area contributed by atoms with Crippen LogP contribution in [0.5, 0.6) is 0 Å². The minimum absolute atomic E-state index is 0.0577. The molecule has 0 aliphatic carbocycles. The minimum atomic E-state index is -0.481. The average Bonchev–Trinajstić information content (AvgIpc) is 3.03. The number of benzene rings is 1. The second-order valence-electron chi connectivity index (χ2n) is 4.42. The first-order chi connectivity index (χ1) is 9.59. The molecule has 0 fully saturated rings. The third-order valence-corrected chi connectivity index (χ3v) is 3.20. The first-order valence-electron chi connectivity index (χ1n) is 5.93. The molecule has 2 aromatic heterocycles. The van der Waals surface area contributed by atoms with Crippen molar-refractivity contribution in [1.82, 2.24) is 4.98 Å². The van der Waals surface area contributed by atoms with Crippen molar-refractivity contribution in [3.05, 3.63) is 63.7 Å². The molecule has 0 saturated heterocycles. The van der Waals surface area contributed by atoms with E-state index in [0.29, 0.717) is 16.5 Å². The zero-order valence-electron chi connectivity index (χ0n) is 10.5. The standard InChI is InChI=1S/C14H10N2O4/c1-8-5-6-20-14(8)13(17)10-7-15-12-9(10)3-2-4-11(12)16(18)19/h2-7,15H,1H3. The van der Waals surface area contributed by atoms with Crippen LogP contribution in [0.3, 0.4) is 0 Å². The predicted molar refractivity (Wildman–Crippen MR) is 71.8 cm³/mol. The van der Waals surface area contributed by atoms with Crippen LogP contribution in [0.2, 0.25) is 0 Å². The molecule has 0 atom stereocenters. The number of furan rings is 1. The van der Waals surface area contributed by atoms with E-state index in [-0.39, 0.29) is 17.2 Å². The topological polar surface area (TPSA) is 89.1 Å². The maximum absolute atomic E-state index is 12.4. The molecule has 0 saturated carbocycles. The molecule has 3 rings (SSSR count). The summed E-state index contributed by atoms with van der Waals surface area (Å²) in [6.07, 6.45) is 2.92. The second kappa shape index (κ2) is 4.34. The van der Waals surface area contributed by atoms with Crippen molar-refractivity contribution < 1.29 is 14.1 Å². The number of ketones is 1. The number of carbonyl (C=O) groups excluding carboxylic acids is 1. The molecule has 6 nitrogen and oxygen atoms in total. The summed E-state index contributed by atoms with van der Waals surface area (Å²) in [4.78, 5) is 25.7. The highest BCUT2D eigenvalue weighted by atomic mass is 16.6. The van der Waals surface area contributed by atoms with Gasteiger partial charge in [-0.2, -0.15) is 0 Å². The molecule has 3 aromatic rings. The largest absolute Gasteiger partial charge is 0.461 e. The molecule has 20 heavy (non-hydrogen) atoms. The molecule has 6 heteroatoms. The number of aryl methyl sites for hydroxylation is 1. The summed E-state index contributed by atoms with van der Waals surface area (Å²) in [5.41, 5.74) is 1.37. The Morgan fingerprint density at radius 3 is 2.80 bits per heavy atom. The number of nitro groups is 1. The van der Waals surface area contributed by atoms with Crippen LogP contribution in [0.1, 0.15) is 21.7 Å². The van der Waals surface area contributed by atoms with Crippen LogP contribution in [-0.4, -0.2) is 15.7 Å². The van der Waals surface area contributed by atoms with E-state index < -0.39 is 4.92 Å². The third-order valence-electron chi connectivity index (χ3n) is 3.20. The lowest BCUT2D eigenvalue weighted by atomic mass is 10.1. The van der Waals surface area contributed by atoms with Crippen LogP contribution >= 0.6 is 0 Å². The quantitative estimate of drug-likeness (QED) is 0.449. The van der Waals surface area contributed by atoms with E-state index >= 15 is 0 Å². The third kappa shape index (κ3) is 1.70. The fourth-order valence-corrected chi connectivity index (χ4v) is 2.21. The number of nitro benzene ring substituents is 1. The molecule has 2 heterocycles. The zero-order valence-corrected chi connectivity index (χ0v) is 10.5. The van der Waals surface area contributed by atoms with Crippen LogP contribution in [0, 0.1) is 17.0 Å². The van der Waals surface area contributed by atoms with Gasteiger partial charge in [-0.1, -0.05) is 12.1 Å². The van der Waals surface area contributed by atoms with Crippen LogP contribution in [0.15, 0.2) is 41.1 Å². The van der Waals surface area contributed by atoms with Gasteiger partial charge in [0.25, 0.3) is 5.69 Å². The number of aromatic amines is 1. The van der Waals surface area contributed by atoms with Gasteiger partial charge in [-0.3, -0.25) is 14.9 Å². The van der Waals surface area contributed by atoms with Gasteiger partial charge in [-0.15, -0.1) is 0 Å². The van der Waals surface area contributed by atoms with E-state index in [9.17, 15) is 14.9 Å². The van der Waals surface area contributed by atoms with Crippen molar-refractivity contribution in [2.45, 2.75) is 6.92 Å². The van der Waals surface area contributed by atoms with Crippen molar-refractivity contribution >= 4 is 22.4 Å². The van der Waals surface area contributed by atoms with Crippen molar-refractivity contribution in [2.24, 2.45) is 0 Å². The lowest BCUT2D eigenvalue weighted by Crippen LogP contribution is -2.00. The number of para-hydroxylation sites is 1. The van der Waals surface area contributed by atoms with Gasteiger partial charge in [0.2, 0.25) is 5.78 Å². The molecule has 0 aliphatic heterocycles. The molecule has 0 amide bonds. The summed E-state index contributed by atoms with van der Waals surface area (Å²) in [6, 6.07) is 6.32. The normalized spacial score (nSPS) is 10.8. The van der Waals surface area contributed by atoms with E-state index in [2.05, 4.69) is 4.98 Å². The van der Waals surface area contributed by atoms with Gasteiger partial charge in [0.15, 0.2) is 5.76 Å². The minimum Gasteiger partial charge on any atom is -0.461 e. The lowest BCUT2D eigenvalue weighted by Gasteiger charge is -1.98. The summed E-state index contributed by atoms with van der Waals surface area (Å²) in [6.45, 7) is 1.77. The zero-order chi connectivity index (χ0) is 14.3. The van der Waals surface area contributed by atoms with Crippen LogP contribution < -0.4 is 0 Å². The Morgan fingerprint density at radius 1 is 1.35 bits per heavy atom. The highest BCUT2D eigenvalue weighted by molar-refractivity contribution is 6.16. The fraction of sp³-hybridized carbons (Fsp3) is 0.0714. The van der Waals surface area contributed by atoms with Gasteiger partial charge in [0.1, 0.15) is 5.52 Å². The van der Waals surface area contributed by atoms with E-state index in [4.69, 9.17) is 4.42 Å². The molecule has 0 spiro atoms. The number of hydrogen-bond acceptors (Lipinski definition) is 4. The average molecular weight is 270 g/mol. The molecule has 100 valence electrons. The van der Waals surface area contributed by atoms with Gasteiger partial charge in [-0.25, -0.2) is 0 Å². The maximum Gasteiger partial charge on any atom is 0.293 e. The van der Waals surface area contributed by atoms with Gasteiger partial charge >= 0.3 is 0 Å². The molecule has 0 bridgehead atoms. The number of nitrogens with one attached hydrogen (secondary N) is 1. The maximum atomic E-state index is 12.4. The molecule has 0 aliphatic rings. The number of hydrogen-bond donors (Lipinski definition) is 1. The Balaban J connectivity index is 2.19. The van der Waals surface area contributed by atoms with Crippen molar-refractivity contribution in [3.63, 3.8) is 0 Å². The van der Waals surface area contributed by atoms with Crippen molar-refractivity contribution in [1.29, 1.82) is 0 Å². The molecular weight excluding hydrogens is 260 g/mol. The number of rotatable bonds is 3. The Bertz CT molecular complexity index is 829. The van der Waals surface area contributed by atoms with E-state index in [1.807, 2.05) is 0 Å². The monoisotopic (exact) mass is 270 g/mol. The number of carbonyl (C=O) groups is 1.